The number of nitrogens with zero attached hydrogens (tertiary/aromatic N) is 2. The molecule has 1 N–H and O–H groups in total. The molecule has 0 atom stereocenters. The zero-order valence-corrected chi connectivity index (χ0v) is 12.8. The summed E-state index contributed by atoms with van der Waals surface area (Å²) in [5, 5.41) is 10.6. The average molecular weight is 263 g/mol. The molecule has 3 heteroatoms. The second kappa shape index (κ2) is 6.53. The molecule has 1 aliphatic rings. The number of rotatable bonds is 5. The molecular weight excluding hydrogens is 234 g/mol. The third-order valence-electron chi connectivity index (χ3n) is 4.83. The summed E-state index contributed by atoms with van der Waals surface area (Å²) in [6.45, 7) is 7.20. The van der Waals surface area contributed by atoms with E-state index in [0.29, 0.717) is 5.41 Å². The quantitative estimate of drug-likeness (QED) is 0.801. The number of aromatic amines is 1. The Hall–Kier alpha value is -0.860. The lowest BCUT2D eigenvalue weighted by Crippen LogP contribution is -2.25. The second-order valence-corrected chi connectivity index (χ2v) is 7.29. The topological polar surface area (TPSA) is 41.6 Å². The van der Waals surface area contributed by atoms with Gasteiger partial charge in [0.15, 0.2) is 0 Å². The highest BCUT2D eigenvalue weighted by Crippen LogP contribution is 2.41. The summed E-state index contributed by atoms with van der Waals surface area (Å²) in [5.41, 5.74) is 1.62. The maximum Gasteiger partial charge on any atom is 0.0824 e. The predicted molar refractivity (Wildman–Crippen MR) is 78.8 cm³/mol. The van der Waals surface area contributed by atoms with Crippen LogP contribution in [-0.2, 0) is 6.42 Å². The molecule has 2 rings (SSSR count). The lowest BCUT2D eigenvalue weighted by molar-refractivity contribution is 0.145. The zero-order valence-electron chi connectivity index (χ0n) is 12.8. The van der Waals surface area contributed by atoms with Crippen molar-refractivity contribution in [2.45, 2.75) is 72.1 Å². The summed E-state index contributed by atoms with van der Waals surface area (Å²) in [4.78, 5) is 0. The van der Waals surface area contributed by atoms with Gasteiger partial charge in [-0.05, 0) is 42.9 Å². The van der Waals surface area contributed by atoms with Gasteiger partial charge in [0.05, 0.1) is 11.9 Å². The van der Waals surface area contributed by atoms with Crippen molar-refractivity contribution in [1.82, 2.24) is 15.4 Å². The van der Waals surface area contributed by atoms with E-state index in [1.54, 1.807) is 0 Å². The summed E-state index contributed by atoms with van der Waals surface area (Å²) in [6, 6.07) is 0. The Labute approximate surface area is 117 Å². The first-order valence-corrected chi connectivity index (χ1v) is 7.90. The van der Waals surface area contributed by atoms with E-state index in [9.17, 15) is 0 Å². The van der Waals surface area contributed by atoms with E-state index in [2.05, 4.69) is 36.2 Å². The van der Waals surface area contributed by atoms with Gasteiger partial charge in [0.1, 0.15) is 0 Å². The molecule has 19 heavy (non-hydrogen) atoms. The monoisotopic (exact) mass is 263 g/mol. The highest BCUT2D eigenvalue weighted by molar-refractivity contribution is 4.90. The van der Waals surface area contributed by atoms with E-state index in [1.807, 2.05) is 6.20 Å². The average Bonchev–Trinajstić information content (AvgIpc) is 2.87. The van der Waals surface area contributed by atoms with Crippen LogP contribution in [0.25, 0.3) is 0 Å². The van der Waals surface area contributed by atoms with Gasteiger partial charge in [-0.1, -0.05) is 46.5 Å². The summed E-state index contributed by atoms with van der Waals surface area (Å²) < 4.78 is 0. The van der Waals surface area contributed by atoms with Crippen LogP contribution in [0.5, 0.6) is 0 Å². The molecule has 1 aromatic heterocycles. The largest absolute Gasteiger partial charge is 0.198 e. The lowest BCUT2D eigenvalue weighted by atomic mass is 9.69. The van der Waals surface area contributed by atoms with Crippen LogP contribution in [0.3, 0.4) is 0 Å². The van der Waals surface area contributed by atoms with Gasteiger partial charge < -0.3 is 0 Å². The van der Waals surface area contributed by atoms with Crippen LogP contribution in [0.4, 0.5) is 0 Å². The molecule has 0 unspecified atom stereocenters. The minimum atomic E-state index is 0.512. The van der Waals surface area contributed by atoms with Crippen molar-refractivity contribution < 1.29 is 0 Å². The first kappa shape index (κ1) is 14.5. The van der Waals surface area contributed by atoms with Crippen molar-refractivity contribution in [3.63, 3.8) is 0 Å². The third-order valence-corrected chi connectivity index (χ3v) is 4.83. The van der Waals surface area contributed by atoms with Gasteiger partial charge in [-0.15, -0.1) is 0 Å². The highest BCUT2D eigenvalue weighted by atomic mass is 15.3. The number of unbranched alkanes of at least 4 members (excludes halogenated alkanes) is 1. The fraction of sp³-hybridized carbons (Fsp3) is 0.875. The molecule has 0 aliphatic heterocycles. The fourth-order valence-corrected chi connectivity index (χ4v) is 3.40. The Balaban J connectivity index is 1.58. The number of aryl methyl sites for hydroxylation is 1. The van der Waals surface area contributed by atoms with Crippen molar-refractivity contribution >= 4 is 0 Å². The molecule has 0 spiro atoms. The molecule has 0 amide bonds. The molecule has 3 nitrogen and oxygen atoms in total. The van der Waals surface area contributed by atoms with E-state index in [0.717, 1.165) is 24.0 Å². The van der Waals surface area contributed by atoms with Crippen LogP contribution < -0.4 is 0 Å². The second-order valence-electron chi connectivity index (χ2n) is 7.29. The zero-order chi connectivity index (χ0) is 13.7. The number of nitrogens with one attached hydrogen (secondary N) is 1. The lowest BCUT2D eigenvalue weighted by Gasteiger charge is -2.37. The first-order valence-electron chi connectivity index (χ1n) is 7.90. The molecule has 0 aromatic carbocycles. The number of aromatic nitrogens is 3. The molecule has 1 aromatic rings. The Kier molecular flexibility index (Phi) is 5.00. The maximum atomic E-state index is 4.10. The van der Waals surface area contributed by atoms with Gasteiger partial charge in [-0.2, -0.15) is 15.4 Å². The molecule has 0 saturated heterocycles. The predicted octanol–water partition coefficient (Wildman–Crippen LogP) is 4.37. The molecule has 1 heterocycles. The number of hydrogen-bond acceptors (Lipinski definition) is 2. The molecule has 108 valence electrons. The SMILES string of the molecule is CC(C)(C)C1CCC(CCCCc2cn[nH]n2)CC1. The minimum Gasteiger partial charge on any atom is -0.198 e. The number of hydrogen-bond donors (Lipinski definition) is 1. The van der Waals surface area contributed by atoms with E-state index in [-0.39, 0.29) is 0 Å². The van der Waals surface area contributed by atoms with Crippen molar-refractivity contribution in [2.24, 2.45) is 17.3 Å². The van der Waals surface area contributed by atoms with Crippen LogP contribution in [0.2, 0.25) is 0 Å². The minimum absolute atomic E-state index is 0.512. The van der Waals surface area contributed by atoms with Gasteiger partial charge in [-0.25, -0.2) is 0 Å². The van der Waals surface area contributed by atoms with E-state index < -0.39 is 0 Å². The molecular formula is C16H29N3. The summed E-state index contributed by atoms with van der Waals surface area (Å²) in [7, 11) is 0. The maximum absolute atomic E-state index is 4.10. The van der Waals surface area contributed by atoms with Gasteiger partial charge >= 0.3 is 0 Å². The van der Waals surface area contributed by atoms with Crippen molar-refractivity contribution in [3.8, 4) is 0 Å². The first-order chi connectivity index (χ1) is 9.05. The summed E-state index contributed by atoms with van der Waals surface area (Å²) in [5.74, 6) is 1.93. The Morgan fingerprint density at radius 3 is 2.47 bits per heavy atom. The smallest absolute Gasteiger partial charge is 0.0824 e. The summed E-state index contributed by atoms with van der Waals surface area (Å²) in [6.07, 6.45) is 12.7. The standard InChI is InChI=1S/C16H29N3/c1-16(2,3)14-10-8-13(9-11-14)6-4-5-7-15-12-17-19-18-15/h12-14H,4-11H2,1-3H3,(H,17,18,19). The Morgan fingerprint density at radius 1 is 1.16 bits per heavy atom. The van der Waals surface area contributed by atoms with Crippen molar-refractivity contribution in [2.75, 3.05) is 0 Å². The van der Waals surface area contributed by atoms with Gasteiger partial charge in [0.2, 0.25) is 0 Å². The third kappa shape index (κ3) is 4.63. The van der Waals surface area contributed by atoms with Crippen molar-refractivity contribution in [3.05, 3.63) is 11.9 Å². The van der Waals surface area contributed by atoms with E-state index in [4.69, 9.17) is 0 Å². The van der Waals surface area contributed by atoms with Crippen LogP contribution in [0, 0.1) is 17.3 Å². The van der Waals surface area contributed by atoms with Gasteiger partial charge in [0.25, 0.3) is 0 Å². The van der Waals surface area contributed by atoms with Crippen molar-refractivity contribution in [1.29, 1.82) is 0 Å². The van der Waals surface area contributed by atoms with Gasteiger partial charge in [0, 0.05) is 0 Å². The van der Waals surface area contributed by atoms with Crippen LogP contribution in [0.1, 0.15) is 71.4 Å². The molecule has 0 bridgehead atoms. The highest BCUT2D eigenvalue weighted by Gasteiger charge is 2.29. The Morgan fingerprint density at radius 2 is 1.89 bits per heavy atom. The van der Waals surface area contributed by atoms with E-state index >= 15 is 0 Å². The fourth-order valence-electron chi connectivity index (χ4n) is 3.40. The van der Waals surface area contributed by atoms with Crippen LogP contribution in [0.15, 0.2) is 6.20 Å². The van der Waals surface area contributed by atoms with E-state index in [1.165, 1.54) is 44.9 Å². The number of H-pyrrole nitrogens is 1. The molecule has 0 radical (unpaired) electrons. The molecule has 1 fully saturated rings. The van der Waals surface area contributed by atoms with Crippen LogP contribution >= 0.6 is 0 Å². The Bertz CT molecular complexity index is 343. The summed E-state index contributed by atoms with van der Waals surface area (Å²) >= 11 is 0. The van der Waals surface area contributed by atoms with Gasteiger partial charge in [-0.3, -0.25) is 0 Å². The molecule has 1 aliphatic carbocycles. The normalized spacial score (nSPS) is 24.6. The van der Waals surface area contributed by atoms with Crippen LogP contribution in [-0.4, -0.2) is 15.4 Å². The molecule has 1 saturated carbocycles.